The largest absolute Gasteiger partial charge is 0.375 e. The van der Waals surface area contributed by atoms with Gasteiger partial charge in [0, 0.05) is 6.20 Å². The van der Waals surface area contributed by atoms with Crippen molar-refractivity contribution in [1.29, 1.82) is 0 Å². The summed E-state index contributed by atoms with van der Waals surface area (Å²) in [5.41, 5.74) is 2.44. The van der Waals surface area contributed by atoms with E-state index in [1.54, 1.807) is 29.5 Å². The van der Waals surface area contributed by atoms with Crippen LogP contribution in [-0.2, 0) is 17.9 Å². The summed E-state index contributed by atoms with van der Waals surface area (Å²) < 4.78 is 0. The Morgan fingerprint density at radius 2 is 1.33 bits per heavy atom. The molecular weight excluding hydrogens is 300 g/mol. The number of hydrogen-bond donors (Lipinski definition) is 0. The summed E-state index contributed by atoms with van der Waals surface area (Å²) in [6, 6.07) is 25.0. The van der Waals surface area contributed by atoms with E-state index in [-0.39, 0.29) is 0 Å². The molecule has 0 bridgehead atoms. The highest BCUT2D eigenvalue weighted by atomic mass is 16.7. The van der Waals surface area contributed by atoms with Crippen molar-refractivity contribution in [1.82, 2.24) is 10.0 Å². The summed E-state index contributed by atoms with van der Waals surface area (Å²) in [4.78, 5) is 21.9. The van der Waals surface area contributed by atoms with Gasteiger partial charge in [-0.3, -0.25) is 0 Å². The van der Waals surface area contributed by atoms with Gasteiger partial charge in [0.05, 0.1) is 13.1 Å². The first kappa shape index (κ1) is 15.9. The third-order valence-electron chi connectivity index (χ3n) is 3.49. The van der Waals surface area contributed by atoms with Crippen LogP contribution in [0.3, 0.4) is 0 Å². The lowest BCUT2D eigenvalue weighted by Gasteiger charge is -2.21. The van der Waals surface area contributed by atoms with Gasteiger partial charge in [0.2, 0.25) is 0 Å². The van der Waals surface area contributed by atoms with Crippen molar-refractivity contribution >= 4 is 5.97 Å². The van der Waals surface area contributed by atoms with Gasteiger partial charge in [0.25, 0.3) is 0 Å². The monoisotopic (exact) mass is 318 g/mol. The van der Waals surface area contributed by atoms with Crippen LogP contribution in [0.1, 0.15) is 21.6 Å². The molecule has 4 heteroatoms. The highest BCUT2D eigenvalue weighted by molar-refractivity contribution is 5.86. The molecule has 1 heterocycles. The first-order chi connectivity index (χ1) is 11.8. The molecule has 0 aliphatic heterocycles. The van der Waals surface area contributed by atoms with Crippen LogP contribution in [0.4, 0.5) is 0 Å². The number of nitrogens with zero attached hydrogens (tertiary/aromatic N) is 2. The molecule has 120 valence electrons. The molecule has 2 aromatic carbocycles. The molecule has 0 saturated carbocycles. The number of aromatic nitrogens is 1. The van der Waals surface area contributed by atoms with Crippen molar-refractivity contribution in [3.63, 3.8) is 0 Å². The van der Waals surface area contributed by atoms with Crippen molar-refractivity contribution in [3.05, 3.63) is 102 Å². The molecule has 0 aliphatic carbocycles. The number of rotatable bonds is 6. The molecule has 0 fully saturated rings. The van der Waals surface area contributed by atoms with Crippen molar-refractivity contribution < 1.29 is 9.63 Å². The van der Waals surface area contributed by atoms with Crippen molar-refractivity contribution in [2.24, 2.45) is 0 Å². The molecule has 0 saturated heterocycles. The van der Waals surface area contributed by atoms with Crippen LogP contribution in [0.5, 0.6) is 0 Å². The first-order valence-corrected chi connectivity index (χ1v) is 7.77. The van der Waals surface area contributed by atoms with Crippen molar-refractivity contribution in [3.8, 4) is 0 Å². The van der Waals surface area contributed by atoms with Crippen LogP contribution >= 0.6 is 0 Å². The van der Waals surface area contributed by atoms with Crippen LogP contribution < -0.4 is 0 Å². The van der Waals surface area contributed by atoms with E-state index in [1.807, 2.05) is 60.7 Å². The van der Waals surface area contributed by atoms with Gasteiger partial charge < -0.3 is 4.84 Å². The number of carbonyl (C=O) groups excluding carboxylic acids is 1. The molecule has 0 radical (unpaired) electrons. The van der Waals surface area contributed by atoms with Gasteiger partial charge in [-0.2, -0.15) is 0 Å². The van der Waals surface area contributed by atoms with E-state index in [4.69, 9.17) is 4.84 Å². The van der Waals surface area contributed by atoms with Gasteiger partial charge in [-0.1, -0.05) is 66.7 Å². The Hall–Kier alpha value is -2.98. The van der Waals surface area contributed by atoms with Gasteiger partial charge in [-0.25, -0.2) is 9.78 Å². The Morgan fingerprint density at radius 3 is 1.83 bits per heavy atom. The lowest BCUT2D eigenvalue weighted by molar-refractivity contribution is -0.124. The molecule has 0 N–H and O–H groups in total. The van der Waals surface area contributed by atoms with Gasteiger partial charge >= 0.3 is 5.97 Å². The predicted molar refractivity (Wildman–Crippen MR) is 91.8 cm³/mol. The molecule has 0 aliphatic rings. The molecule has 1 aromatic heterocycles. The zero-order valence-corrected chi connectivity index (χ0v) is 13.2. The van der Waals surface area contributed by atoms with Crippen LogP contribution in [0.25, 0.3) is 0 Å². The summed E-state index contributed by atoms with van der Waals surface area (Å²) in [6.45, 7) is 1.02. The Morgan fingerprint density at radius 1 is 0.792 bits per heavy atom. The summed E-state index contributed by atoms with van der Waals surface area (Å²) in [5, 5.41) is 1.65. The maximum absolute atomic E-state index is 12.3. The Bertz CT molecular complexity index is 720. The van der Waals surface area contributed by atoms with E-state index >= 15 is 0 Å². The summed E-state index contributed by atoms with van der Waals surface area (Å²) in [5.74, 6) is -0.456. The van der Waals surface area contributed by atoms with Crippen LogP contribution in [-0.4, -0.2) is 16.0 Å². The van der Waals surface area contributed by atoms with Crippen LogP contribution in [0.2, 0.25) is 0 Å². The average Bonchev–Trinajstić information content (AvgIpc) is 2.64. The second-order valence-electron chi connectivity index (χ2n) is 5.36. The molecule has 0 atom stereocenters. The Kier molecular flexibility index (Phi) is 5.32. The second kappa shape index (κ2) is 8.04. The second-order valence-corrected chi connectivity index (χ2v) is 5.36. The number of carbonyl (C=O) groups is 1. The lowest BCUT2D eigenvalue weighted by Crippen LogP contribution is -2.27. The minimum absolute atomic E-state index is 0.295. The minimum atomic E-state index is -0.456. The standard InChI is InChI=1S/C20H18N2O2/c23-20(19-13-7-8-14-21-19)24-22(15-17-9-3-1-4-10-17)16-18-11-5-2-6-12-18/h1-14H,15-16H2. The Labute approximate surface area is 141 Å². The summed E-state index contributed by atoms with van der Waals surface area (Å²) in [7, 11) is 0. The molecule has 3 rings (SSSR count). The molecule has 24 heavy (non-hydrogen) atoms. The summed E-state index contributed by atoms with van der Waals surface area (Å²) >= 11 is 0. The fourth-order valence-corrected chi connectivity index (χ4v) is 2.34. The van der Waals surface area contributed by atoms with Crippen molar-refractivity contribution in [2.45, 2.75) is 13.1 Å². The highest BCUT2D eigenvalue weighted by Gasteiger charge is 2.16. The quantitative estimate of drug-likeness (QED) is 0.647. The van der Waals surface area contributed by atoms with Gasteiger partial charge in [0.15, 0.2) is 0 Å². The normalized spacial score (nSPS) is 10.5. The fourth-order valence-electron chi connectivity index (χ4n) is 2.34. The molecule has 4 nitrogen and oxygen atoms in total. The zero-order valence-electron chi connectivity index (χ0n) is 13.2. The first-order valence-electron chi connectivity index (χ1n) is 7.77. The third kappa shape index (κ3) is 4.51. The van der Waals surface area contributed by atoms with E-state index in [0.29, 0.717) is 18.8 Å². The smallest absolute Gasteiger partial charge is 0.362 e. The zero-order chi connectivity index (χ0) is 16.6. The topological polar surface area (TPSA) is 42.4 Å². The molecular formula is C20H18N2O2. The van der Waals surface area contributed by atoms with E-state index in [1.165, 1.54) is 0 Å². The lowest BCUT2D eigenvalue weighted by atomic mass is 10.2. The number of hydrogen-bond acceptors (Lipinski definition) is 4. The van der Waals surface area contributed by atoms with E-state index in [2.05, 4.69) is 4.98 Å². The number of pyridine rings is 1. The predicted octanol–water partition coefficient (Wildman–Crippen LogP) is 3.86. The van der Waals surface area contributed by atoms with E-state index in [0.717, 1.165) is 11.1 Å². The third-order valence-corrected chi connectivity index (χ3v) is 3.49. The highest BCUT2D eigenvalue weighted by Crippen LogP contribution is 2.12. The Balaban J connectivity index is 1.75. The SMILES string of the molecule is O=C(ON(Cc1ccccc1)Cc1ccccc1)c1ccccn1. The number of benzene rings is 2. The van der Waals surface area contributed by atoms with Gasteiger partial charge in [0.1, 0.15) is 5.69 Å². The average molecular weight is 318 g/mol. The molecule has 0 spiro atoms. The maximum Gasteiger partial charge on any atom is 0.375 e. The van der Waals surface area contributed by atoms with Crippen LogP contribution in [0.15, 0.2) is 85.1 Å². The number of hydroxylamine groups is 2. The van der Waals surface area contributed by atoms with Gasteiger partial charge in [-0.15, -0.1) is 5.06 Å². The maximum atomic E-state index is 12.3. The van der Waals surface area contributed by atoms with Crippen molar-refractivity contribution in [2.75, 3.05) is 0 Å². The van der Waals surface area contributed by atoms with E-state index < -0.39 is 5.97 Å². The molecule has 3 aromatic rings. The van der Waals surface area contributed by atoms with Crippen LogP contribution in [0, 0.1) is 0 Å². The molecule has 0 amide bonds. The van der Waals surface area contributed by atoms with Gasteiger partial charge in [-0.05, 0) is 23.3 Å². The minimum Gasteiger partial charge on any atom is -0.362 e. The molecule has 0 unspecified atom stereocenters. The fraction of sp³-hybridized carbons (Fsp3) is 0.100. The van der Waals surface area contributed by atoms with E-state index in [9.17, 15) is 4.79 Å². The summed E-state index contributed by atoms with van der Waals surface area (Å²) in [6.07, 6.45) is 1.58.